The molecule has 126 valence electrons. The van der Waals surface area contributed by atoms with Crippen LogP contribution in [0.1, 0.15) is 19.8 Å². The van der Waals surface area contributed by atoms with Crippen LogP contribution in [0, 0.1) is 5.92 Å². The molecular weight excluding hydrogens is 366 g/mol. The number of rotatable bonds is 3. The molecule has 1 N–H and O–H groups in total. The number of carbonyl (C=O) groups excluding carboxylic acids is 2. The van der Waals surface area contributed by atoms with Gasteiger partial charge in [-0.3, -0.25) is 9.59 Å². The van der Waals surface area contributed by atoms with Crippen LogP contribution >= 0.6 is 15.9 Å². The van der Waals surface area contributed by atoms with Crippen molar-refractivity contribution in [3.8, 4) is 0 Å². The van der Waals surface area contributed by atoms with E-state index < -0.39 is 0 Å². The van der Waals surface area contributed by atoms with Gasteiger partial charge in [-0.05, 0) is 41.8 Å². The summed E-state index contributed by atoms with van der Waals surface area (Å²) in [4.78, 5) is 37.4. The number of nitrogens with one attached hydrogen (secondary N) is 1. The highest BCUT2D eigenvalue weighted by Crippen LogP contribution is 2.20. The second-order valence-electron chi connectivity index (χ2n) is 5.47. The Balaban J connectivity index is 2.03. The first-order chi connectivity index (χ1) is 10.9. The molecule has 1 aromatic heterocycles. The summed E-state index contributed by atoms with van der Waals surface area (Å²) >= 11 is 3.17. The van der Waals surface area contributed by atoms with Gasteiger partial charge in [-0.25, -0.2) is 4.79 Å². The molecule has 8 heteroatoms. The van der Waals surface area contributed by atoms with Gasteiger partial charge in [-0.1, -0.05) is 0 Å². The van der Waals surface area contributed by atoms with Crippen LogP contribution in [-0.4, -0.2) is 41.2 Å². The minimum absolute atomic E-state index is 0.162. The molecule has 0 saturated carbocycles. The van der Waals surface area contributed by atoms with Crippen LogP contribution in [-0.2, 0) is 16.6 Å². The molecule has 1 saturated heterocycles. The zero-order valence-electron chi connectivity index (χ0n) is 13.2. The lowest BCUT2D eigenvalue weighted by Crippen LogP contribution is -2.44. The first-order valence-corrected chi connectivity index (χ1v) is 8.30. The van der Waals surface area contributed by atoms with Crippen molar-refractivity contribution in [2.75, 3.05) is 25.0 Å². The van der Waals surface area contributed by atoms with E-state index in [1.807, 2.05) is 0 Å². The van der Waals surface area contributed by atoms with E-state index in [4.69, 9.17) is 4.74 Å². The molecule has 1 fully saturated rings. The maximum Gasteiger partial charge on any atom is 0.409 e. The molecule has 1 aromatic rings. The van der Waals surface area contributed by atoms with E-state index in [-0.39, 0.29) is 23.5 Å². The highest BCUT2D eigenvalue weighted by atomic mass is 79.9. The number of aryl methyl sites for hydroxylation is 1. The summed E-state index contributed by atoms with van der Waals surface area (Å²) in [6, 6.07) is 1.58. The number of ether oxygens (including phenoxy) is 1. The van der Waals surface area contributed by atoms with Gasteiger partial charge in [-0.2, -0.15) is 0 Å². The van der Waals surface area contributed by atoms with E-state index in [0.29, 0.717) is 36.3 Å². The summed E-state index contributed by atoms with van der Waals surface area (Å²) < 4.78 is 6.76. The molecule has 0 radical (unpaired) electrons. The lowest BCUT2D eigenvalue weighted by molar-refractivity contribution is -0.121. The van der Waals surface area contributed by atoms with Gasteiger partial charge in [-0.15, -0.1) is 0 Å². The predicted octanol–water partition coefficient (Wildman–Crippen LogP) is 1.95. The van der Waals surface area contributed by atoms with E-state index in [1.54, 1.807) is 31.1 Å². The highest BCUT2D eigenvalue weighted by molar-refractivity contribution is 9.10. The smallest absolute Gasteiger partial charge is 0.409 e. The summed E-state index contributed by atoms with van der Waals surface area (Å²) in [7, 11) is 1.62. The van der Waals surface area contributed by atoms with Crippen molar-refractivity contribution in [1.29, 1.82) is 0 Å². The summed E-state index contributed by atoms with van der Waals surface area (Å²) in [5.74, 6) is -0.450. The fraction of sp³-hybridized carbons (Fsp3) is 0.533. The van der Waals surface area contributed by atoms with Crippen molar-refractivity contribution in [1.82, 2.24) is 9.47 Å². The van der Waals surface area contributed by atoms with Crippen molar-refractivity contribution in [2.45, 2.75) is 19.8 Å². The van der Waals surface area contributed by atoms with Gasteiger partial charge >= 0.3 is 6.09 Å². The Bertz CT molecular complexity index is 632. The lowest BCUT2D eigenvalue weighted by atomic mass is 9.97. The third-order valence-corrected chi connectivity index (χ3v) is 4.29. The largest absolute Gasteiger partial charge is 0.450 e. The van der Waals surface area contributed by atoms with E-state index in [9.17, 15) is 14.4 Å². The van der Waals surface area contributed by atoms with Crippen molar-refractivity contribution in [3.05, 3.63) is 27.1 Å². The van der Waals surface area contributed by atoms with Crippen LogP contribution in [0.25, 0.3) is 0 Å². The zero-order chi connectivity index (χ0) is 17.0. The Labute approximate surface area is 142 Å². The van der Waals surface area contributed by atoms with Crippen LogP contribution in [0.15, 0.2) is 21.5 Å². The molecule has 2 rings (SSSR count). The number of piperidine rings is 1. The molecular formula is C15H20BrN3O4. The predicted molar refractivity (Wildman–Crippen MR) is 89.3 cm³/mol. The summed E-state index contributed by atoms with van der Waals surface area (Å²) in [6.07, 6.45) is 2.66. The lowest BCUT2D eigenvalue weighted by Gasteiger charge is -2.31. The van der Waals surface area contributed by atoms with Crippen molar-refractivity contribution >= 4 is 33.6 Å². The summed E-state index contributed by atoms with van der Waals surface area (Å²) in [5.41, 5.74) is 0.367. The molecule has 0 aromatic carbocycles. The quantitative estimate of drug-likeness (QED) is 0.861. The number of likely N-dealkylation sites (tertiary alicyclic amines) is 1. The Morgan fingerprint density at radius 2 is 2.22 bits per heavy atom. The van der Waals surface area contributed by atoms with Crippen molar-refractivity contribution in [3.63, 3.8) is 0 Å². The monoisotopic (exact) mass is 385 g/mol. The number of carbonyl (C=O) groups is 2. The maximum atomic E-state index is 12.4. The molecule has 0 bridgehead atoms. The number of hydrogen-bond donors (Lipinski definition) is 1. The first-order valence-electron chi connectivity index (χ1n) is 7.51. The van der Waals surface area contributed by atoms with Gasteiger partial charge in [0.15, 0.2) is 0 Å². The van der Waals surface area contributed by atoms with Crippen molar-refractivity contribution < 1.29 is 14.3 Å². The van der Waals surface area contributed by atoms with Gasteiger partial charge in [0.2, 0.25) is 5.91 Å². The van der Waals surface area contributed by atoms with E-state index in [2.05, 4.69) is 21.2 Å². The minimum atomic E-state index is -0.380. The third kappa shape index (κ3) is 4.34. The SMILES string of the molecule is CCOC(=O)N1CCC[C@H](C(=O)Nc2cc(Br)c(=O)n(C)c2)C1. The topological polar surface area (TPSA) is 80.6 Å². The molecule has 1 aliphatic heterocycles. The maximum absolute atomic E-state index is 12.4. The Kier molecular flexibility index (Phi) is 5.81. The number of hydrogen-bond acceptors (Lipinski definition) is 4. The Hall–Kier alpha value is -1.83. The fourth-order valence-corrected chi connectivity index (χ4v) is 3.08. The number of halogens is 1. The number of anilines is 1. The van der Waals surface area contributed by atoms with Gasteiger partial charge < -0.3 is 19.5 Å². The molecule has 2 heterocycles. The first kappa shape index (κ1) is 17.5. The molecule has 23 heavy (non-hydrogen) atoms. The Morgan fingerprint density at radius 3 is 2.87 bits per heavy atom. The van der Waals surface area contributed by atoms with Crippen LogP contribution in [0.4, 0.5) is 10.5 Å². The second kappa shape index (κ2) is 7.63. The Morgan fingerprint density at radius 1 is 1.48 bits per heavy atom. The number of nitrogens with zero attached hydrogens (tertiary/aromatic N) is 2. The van der Waals surface area contributed by atoms with Gasteiger partial charge in [0.25, 0.3) is 5.56 Å². The second-order valence-corrected chi connectivity index (χ2v) is 6.32. The number of aromatic nitrogens is 1. The highest BCUT2D eigenvalue weighted by Gasteiger charge is 2.29. The van der Waals surface area contributed by atoms with E-state index in [1.165, 1.54) is 4.57 Å². The fourth-order valence-electron chi connectivity index (χ4n) is 2.56. The van der Waals surface area contributed by atoms with Gasteiger partial charge in [0.05, 0.1) is 22.7 Å². The molecule has 0 aliphatic carbocycles. The molecule has 2 amide bonds. The molecule has 0 unspecified atom stereocenters. The standard InChI is InChI=1S/C15H20BrN3O4/c1-3-23-15(22)19-6-4-5-10(8-19)13(20)17-11-7-12(16)14(21)18(2)9-11/h7,9-10H,3-6,8H2,1-2H3,(H,17,20)/t10-/m0/s1. The number of amides is 2. The van der Waals surface area contributed by atoms with Crippen LogP contribution in [0.3, 0.4) is 0 Å². The molecule has 1 atom stereocenters. The molecule has 0 spiro atoms. The third-order valence-electron chi connectivity index (χ3n) is 3.73. The zero-order valence-corrected chi connectivity index (χ0v) is 14.8. The van der Waals surface area contributed by atoms with Gasteiger partial charge in [0, 0.05) is 26.3 Å². The average Bonchev–Trinajstić information content (AvgIpc) is 2.53. The average molecular weight is 386 g/mol. The van der Waals surface area contributed by atoms with E-state index in [0.717, 1.165) is 6.42 Å². The summed E-state index contributed by atoms with van der Waals surface area (Å²) in [5, 5.41) is 2.80. The van der Waals surface area contributed by atoms with Crippen LogP contribution in [0.5, 0.6) is 0 Å². The molecule has 7 nitrogen and oxygen atoms in total. The van der Waals surface area contributed by atoms with E-state index >= 15 is 0 Å². The van der Waals surface area contributed by atoms with Crippen LogP contribution < -0.4 is 10.9 Å². The normalized spacial score (nSPS) is 17.7. The van der Waals surface area contributed by atoms with Crippen molar-refractivity contribution in [2.24, 2.45) is 13.0 Å². The summed E-state index contributed by atoms with van der Waals surface area (Å²) in [6.45, 7) is 3.02. The number of pyridine rings is 1. The van der Waals surface area contributed by atoms with Gasteiger partial charge in [0.1, 0.15) is 0 Å². The minimum Gasteiger partial charge on any atom is -0.450 e. The molecule has 1 aliphatic rings. The van der Waals surface area contributed by atoms with Crippen LogP contribution in [0.2, 0.25) is 0 Å².